The van der Waals surface area contributed by atoms with Gasteiger partial charge in [0.2, 0.25) is 10.0 Å². The van der Waals surface area contributed by atoms with E-state index in [0.29, 0.717) is 18.7 Å². The van der Waals surface area contributed by atoms with Crippen LogP contribution < -0.4 is 0 Å². The lowest BCUT2D eigenvalue weighted by Gasteiger charge is -2.27. The van der Waals surface area contributed by atoms with Crippen molar-refractivity contribution in [3.8, 4) is 0 Å². The Kier molecular flexibility index (Phi) is 5.15. The molecular weight excluding hydrogens is 306 g/mol. The van der Waals surface area contributed by atoms with Crippen molar-refractivity contribution in [3.63, 3.8) is 0 Å². The SMILES string of the molecule is Cc1[c]c(S(=O)(=O)N2CCCN(C)CCC2)cc([N+](=O)[O-])c1. The first-order valence-electron chi connectivity index (χ1n) is 7.18. The first-order chi connectivity index (χ1) is 10.3. The number of non-ortho nitro benzene ring substituents is 1. The van der Waals surface area contributed by atoms with Gasteiger partial charge in [0, 0.05) is 31.3 Å². The minimum Gasteiger partial charge on any atom is -0.306 e. The Hall–Kier alpha value is -1.51. The molecule has 2 rings (SSSR count). The van der Waals surface area contributed by atoms with E-state index in [1.807, 2.05) is 7.05 Å². The van der Waals surface area contributed by atoms with Gasteiger partial charge >= 0.3 is 0 Å². The first-order valence-corrected chi connectivity index (χ1v) is 8.62. The number of benzene rings is 1. The third-order valence-corrected chi connectivity index (χ3v) is 5.51. The summed E-state index contributed by atoms with van der Waals surface area (Å²) < 4.78 is 26.9. The number of hydrogen-bond acceptors (Lipinski definition) is 5. The molecule has 1 aromatic rings. The van der Waals surface area contributed by atoms with Crippen LogP contribution in [0.25, 0.3) is 0 Å². The molecule has 0 spiro atoms. The van der Waals surface area contributed by atoms with Crippen molar-refractivity contribution in [3.05, 3.63) is 33.9 Å². The van der Waals surface area contributed by atoms with Crippen molar-refractivity contribution in [1.29, 1.82) is 0 Å². The minimum absolute atomic E-state index is 0.117. The molecule has 1 aromatic carbocycles. The average molecular weight is 326 g/mol. The summed E-state index contributed by atoms with van der Waals surface area (Å²) in [5.41, 5.74) is 0.223. The van der Waals surface area contributed by atoms with E-state index < -0.39 is 14.9 Å². The van der Waals surface area contributed by atoms with Crippen LogP contribution in [0.2, 0.25) is 0 Å². The van der Waals surface area contributed by atoms with Gasteiger partial charge in [0.05, 0.1) is 9.82 Å². The molecule has 1 radical (unpaired) electrons. The lowest BCUT2D eigenvalue weighted by molar-refractivity contribution is -0.385. The van der Waals surface area contributed by atoms with Gasteiger partial charge in [-0.3, -0.25) is 10.1 Å². The van der Waals surface area contributed by atoms with E-state index in [-0.39, 0.29) is 10.6 Å². The van der Waals surface area contributed by atoms with Crippen molar-refractivity contribution in [2.75, 3.05) is 33.2 Å². The maximum atomic E-state index is 12.7. The zero-order valence-electron chi connectivity index (χ0n) is 12.8. The molecule has 22 heavy (non-hydrogen) atoms. The largest absolute Gasteiger partial charge is 0.306 e. The highest BCUT2D eigenvalue weighted by Gasteiger charge is 2.27. The van der Waals surface area contributed by atoms with Gasteiger partial charge in [-0.05, 0) is 45.5 Å². The predicted molar refractivity (Wildman–Crippen MR) is 82.2 cm³/mol. The van der Waals surface area contributed by atoms with Crippen molar-refractivity contribution in [1.82, 2.24) is 9.21 Å². The number of nitrogens with zero attached hydrogens (tertiary/aromatic N) is 3. The molecule has 0 aliphatic carbocycles. The number of sulfonamides is 1. The summed E-state index contributed by atoms with van der Waals surface area (Å²) in [7, 11) is -1.73. The van der Waals surface area contributed by atoms with Crippen LogP contribution in [0.3, 0.4) is 0 Å². The minimum atomic E-state index is -3.74. The van der Waals surface area contributed by atoms with Crippen LogP contribution in [0.4, 0.5) is 5.69 Å². The molecule has 0 amide bonds. The zero-order valence-corrected chi connectivity index (χ0v) is 13.6. The van der Waals surface area contributed by atoms with Gasteiger partial charge in [0.25, 0.3) is 5.69 Å². The highest BCUT2D eigenvalue weighted by molar-refractivity contribution is 7.89. The molecule has 1 heterocycles. The standard InChI is InChI=1S/C14H20N3O4S/c1-12-9-13(17(18)19)11-14(10-12)22(20,21)16-7-3-5-15(2)6-4-8-16/h9,11H,3-8H2,1-2H3. The van der Waals surface area contributed by atoms with Crippen molar-refractivity contribution in [2.24, 2.45) is 0 Å². The van der Waals surface area contributed by atoms with E-state index in [1.165, 1.54) is 10.4 Å². The van der Waals surface area contributed by atoms with Crippen LogP contribution >= 0.6 is 0 Å². The van der Waals surface area contributed by atoms with Crippen molar-refractivity contribution < 1.29 is 13.3 Å². The highest BCUT2D eigenvalue weighted by Crippen LogP contribution is 2.23. The highest BCUT2D eigenvalue weighted by atomic mass is 32.2. The monoisotopic (exact) mass is 326 g/mol. The van der Waals surface area contributed by atoms with E-state index >= 15 is 0 Å². The van der Waals surface area contributed by atoms with Gasteiger partial charge in [-0.15, -0.1) is 0 Å². The summed E-state index contributed by atoms with van der Waals surface area (Å²) in [5.74, 6) is 0. The topological polar surface area (TPSA) is 83.8 Å². The van der Waals surface area contributed by atoms with Crippen molar-refractivity contribution >= 4 is 15.7 Å². The Morgan fingerprint density at radius 1 is 1.18 bits per heavy atom. The summed E-state index contributed by atoms with van der Waals surface area (Å²) in [5, 5.41) is 10.9. The number of hydrogen-bond donors (Lipinski definition) is 0. The van der Waals surface area contributed by atoms with E-state index in [1.54, 1.807) is 6.92 Å². The second-order valence-corrected chi connectivity index (χ2v) is 7.46. The molecule has 121 valence electrons. The average Bonchev–Trinajstić information content (AvgIpc) is 2.41. The Morgan fingerprint density at radius 2 is 1.77 bits per heavy atom. The second kappa shape index (κ2) is 6.72. The van der Waals surface area contributed by atoms with Crippen LogP contribution in [0.1, 0.15) is 18.4 Å². The number of rotatable bonds is 3. The molecule has 1 aliphatic rings. The maximum Gasteiger partial charge on any atom is 0.271 e. The normalized spacial score (nSPS) is 18.6. The van der Waals surface area contributed by atoms with Gasteiger partial charge in [-0.2, -0.15) is 4.31 Å². The molecular formula is C14H20N3O4S. The summed E-state index contributed by atoms with van der Waals surface area (Å²) in [6, 6.07) is 5.15. The van der Waals surface area contributed by atoms with Crippen LogP contribution in [-0.4, -0.2) is 55.8 Å². The quantitative estimate of drug-likeness (QED) is 0.619. The molecule has 1 fully saturated rings. The Labute approximate surface area is 130 Å². The van der Waals surface area contributed by atoms with Gasteiger partial charge in [0.1, 0.15) is 0 Å². The molecule has 0 saturated carbocycles. The molecule has 0 N–H and O–H groups in total. The molecule has 0 aromatic heterocycles. The fourth-order valence-electron chi connectivity index (χ4n) is 2.55. The van der Waals surface area contributed by atoms with E-state index in [2.05, 4.69) is 11.0 Å². The van der Waals surface area contributed by atoms with Crippen LogP contribution in [0.15, 0.2) is 17.0 Å². The summed E-state index contributed by atoms with van der Waals surface area (Å²) >= 11 is 0. The Balaban J connectivity index is 2.31. The zero-order chi connectivity index (χ0) is 16.3. The fraction of sp³-hybridized carbons (Fsp3) is 0.571. The van der Waals surface area contributed by atoms with Crippen LogP contribution in [-0.2, 0) is 10.0 Å². The molecule has 8 heteroatoms. The van der Waals surface area contributed by atoms with Gasteiger partial charge in [-0.25, -0.2) is 8.42 Å². The molecule has 1 aliphatic heterocycles. The van der Waals surface area contributed by atoms with E-state index in [4.69, 9.17) is 0 Å². The maximum absolute atomic E-state index is 12.7. The fourth-order valence-corrected chi connectivity index (χ4v) is 4.12. The Morgan fingerprint density at radius 3 is 2.32 bits per heavy atom. The molecule has 7 nitrogen and oxygen atoms in total. The van der Waals surface area contributed by atoms with E-state index in [9.17, 15) is 18.5 Å². The summed E-state index contributed by atoms with van der Waals surface area (Å²) in [4.78, 5) is 12.4. The van der Waals surface area contributed by atoms with Gasteiger partial charge in [0.15, 0.2) is 0 Å². The lowest BCUT2D eigenvalue weighted by Crippen LogP contribution is -2.38. The number of aryl methyl sites for hydroxylation is 1. The van der Waals surface area contributed by atoms with E-state index in [0.717, 1.165) is 32.0 Å². The smallest absolute Gasteiger partial charge is 0.271 e. The molecule has 0 unspecified atom stereocenters. The number of nitro benzene ring substituents is 1. The molecule has 0 atom stereocenters. The lowest BCUT2D eigenvalue weighted by atomic mass is 10.2. The molecule has 1 saturated heterocycles. The second-order valence-electron chi connectivity index (χ2n) is 5.56. The van der Waals surface area contributed by atoms with Crippen molar-refractivity contribution in [2.45, 2.75) is 24.7 Å². The van der Waals surface area contributed by atoms with Gasteiger partial charge < -0.3 is 4.90 Å². The predicted octanol–water partition coefficient (Wildman–Crippen LogP) is 1.42. The van der Waals surface area contributed by atoms with Gasteiger partial charge in [-0.1, -0.05) is 0 Å². The first kappa shape index (κ1) is 16.9. The van der Waals surface area contributed by atoms with Crippen LogP contribution in [0, 0.1) is 23.1 Å². The Bertz CT molecular complexity index is 650. The molecule has 0 bridgehead atoms. The third kappa shape index (κ3) is 3.82. The summed E-state index contributed by atoms with van der Waals surface area (Å²) in [6.45, 7) is 4.12. The third-order valence-electron chi connectivity index (χ3n) is 3.69. The summed E-state index contributed by atoms with van der Waals surface area (Å²) in [6.07, 6.45) is 1.48. The van der Waals surface area contributed by atoms with Crippen LogP contribution in [0.5, 0.6) is 0 Å². The number of nitro groups is 1.